The first-order valence-electron chi connectivity index (χ1n) is 10.8. The quantitative estimate of drug-likeness (QED) is 0.314. The number of amides is 1. The van der Waals surface area contributed by atoms with E-state index in [2.05, 4.69) is 10.4 Å². The normalized spacial score (nSPS) is 11.3. The molecule has 1 aromatic heterocycles. The molecule has 4 rings (SSSR count). The van der Waals surface area contributed by atoms with Crippen molar-refractivity contribution >= 4 is 17.5 Å². The van der Waals surface area contributed by atoms with E-state index >= 15 is 0 Å². The molecule has 0 aliphatic carbocycles. The Bertz CT molecular complexity index is 1330. The van der Waals surface area contributed by atoms with Gasteiger partial charge in [0.05, 0.1) is 16.4 Å². The fraction of sp³-hybridized carbons (Fsp3) is 0.154. The van der Waals surface area contributed by atoms with Crippen molar-refractivity contribution in [2.24, 2.45) is 0 Å². The van der Waals surface area contributed by atoms with Gasteiger partial charge in [0.25, 0.3) is 5.91 Å². The number of rotatable bonds is 7. The van der Waals surface area contributed by atoms with Crippen LogP contribution in [-0.2, 0) is 12.8 Å². The molecule has 0 radical (unpaired) electrons. The average molecular weight is 500 g/mol. The molecule has 0 bridgehead atoms. The van der Waals surface area contributed by atoms with Crippen LogP contribution in [0.3, 0.4) is 0 Å². The van der Waals surface area contributed by atoms with E-state index in [0.29, 0.717) is 23.5 Å². The smallest absolute Gasteiger partial charge is 0.435 e. The van der Waals surface area contributed by atoms with Crippen LogP contribution in [0.25, 0.3) is 16.8 Å². The molecule has 0 saturated heterocycles. The zero-order valence-electron chi connectivity index (χ0n) is 18.6. The molecule has 4 aromatic rings. The first-order valence-corrected chi connectivity index (χ1v) is 11.2. The molecule has 180 valence electrons. The van der Waals surface area contributed by atoms with Crippen molar-refractivity contribution in [1.82, 2.24) is 15.1 Å². The van der Waals surface area contributed by atoms with Gasteiger partial charge in [0.15, 0.2) is 5.69 Å². The standard InChI is InChI=1S/C26H21ClF3N3O2/c1-2-31-25(34)19-7-5-6-18(14-19)17-10-12-21(13-11-17)35-16-20-15-24(26(28,29)30)32-33(20)23-9-4-3-8-22(23)27/h3-15H,2,16H2,1H3,(H,31,34). The van der Waals surface area contributed by atoms with E-state index in [9.17, 15) is 18.0 Å². The molecule has 0 aliphatic heterocycles. The van der Waals surface area contributed by atoms with Gasteiger partial charge >= 0.3 is 6.18 Å². The topological polar surface area (TPSA) is 56.1 Å². The van der Waals surface area contributed by atoms with Gasteiger partial charge < -0.3 is 10.1 Å². The molecule has 0 atom stereocenters. The van der Waals surface area contributed by atoms with Crippen molar-refractivity contribution in [1.29, 1.82) is 0 Å². The fourth-order valence-electron chi connectivity index (χ4n) is 3.50. The highest BCUT2D eigenvalue weighted by atomic mass is 35.5. The summed E-state index contributed by atoms with van der Waals surface area (Å²) in [5, 5.41) is 6.75. The molecular formula is C26H21ClF3N3O2. The van der Waals surface area contributed by atoms with E-state index in [4.69, 9.17) is 16.3 Å². The summed E-state index contributed by atoms with van der Waals surface area (Å²) < 4.78 is 46.9. The Morgan fingerprint density at radius 1 is 1.00 bits per heavy atom. The summed E-state index contributed by atoms with van der Waals surface area (Å²) in [6.45, 7) is 2.24. The second-order valence-electron chi connectivity index (χ2n) is 7.64. The van der Waals surface area contributed by atoms with Crippen molar-refractivity contribution < 1.29 is 22.7 Å². The number of nitrogens with one attached hydrogen (secondary N) is 1. The Hall–Kier alpha value is -3.78. The second-order valence-corrected chi connectivity index (χ2v) is 8.04. The van der Waals surface area contributed by atoms with Gasteiger partial charge in [-0.1, -0.05) is 48.0 Å². The van der Waals surface area contributed by atoms with Crippen LogP contribution in [0.5, 0.6) is 5.75 Å². The maximum atomic E-state index is 13.3. The summed E-state index contributed by atoms with van der Waals surface area (Å²) in [6, 6.07) is 21.8. The van der Waals surface area contributed by atoms with Gasteiger partial charge in [0, 0.05) is 12.1 Å². The lowest BCUT2D eigenvalue weighted by Gasteiger charge is -2.11. The Balaban J connectivity index is 1.54. The van der Waals surface area contributed by atoms with Gasteiger partial charge in [-0.3, -0.25) is 4.79 Å². The molecule has 9 heteroatoms. The lowest BCUT2D eigenvalue weighted by atomic mass is 10.0. The van der Waals surface area contributed by atoms with Crippen molar-refractivity contribution in [2.45, 2.75) is 19.7 Å². The average Bonchev–Trinajstić information content (AvgIpc) is 3.28. The summed E-state index contributed by atoms with van der Waals surface area (Å²) in [5.74, 6) is 0.316. The monoisotopic (exact) mass is 499 g/mol. The third-order valence-electron chi connectivity index (χ3n) is 5.19. The summed E-state index contributed by atoms with van der Waals surface area (Å²) in [6.07, 6.45) is -4.61. The Labute approximate surface area is 205 Å². The first-order chi connectivity index (χ1) is 16.8. The highest BCUT2D eigenvalue weighted by Gasteiger charge is 2.35. The number of hydrogen-bond donors (Lipinski definition) is 1. The maximum Gasteiger partial charge on any atom is 0.435 e. The van der Waals surface area contributed by atoms with Crippen molar-refractivity contribution in [2.75, 3.05) is 6.54 Å². The SMILES string of the molecule is CCNC(=O)c1cccc(-c2ccc(OCc3cc(C(F)(F)F)nn3-c3ccccc3Cl)cc2)c1. The predicted octanol–water partition coefficient (Wildman–Crippen LogP) is 6.54. The minimum absolute atomic E-state index is 0.150. The van der Waals surface area contributed by atoms with Gasteiger partial charge in [-0.15, -0.1) is 0 Å². The molecule has 0 fully saturated rings. The lowest BCUT2D eigenvalue weighted by Crippen LogP contribution is -2.22. The maximum absolute atomic E-state index is 13.3. The zero-order chi connectivity index (χ0) is 25.0. The molecule has 0 saturated carbocycles. The van der Waals surface area contributed by atoms with Gasteiger partial charge in [-0.05, 0) is 60.5 Å². The van der Waals surface area contributed by atoms with Crippen LogP contribution >= 0.6 is 11.6 Å². The Morgan fingerprint density at radius 2 is 1.74 bits per heavy atom. The van der Waals surface area contributed by atoms with Crippen LogP contribution in [-0.4, -0.2) is 22.2 Å². The number of hydrogen-bond acceptors (Lipinski definition) is 3. The van der Waals surface area contributed by atoms with Crippen LogP contribution in [0, 0.1) is 0 Å². The van der Waals surface area contributed by atoms with Crippen LogP contribution in [0.1, 0.15) is 28.7 Å². The third kappa shape index (κ3) is 5.66. The molecule has 1 heterocycles. The number of aromatic nitrogens is 2. The number of ether oxygens (including phenoxy) is 1. The summed E-state index contributed by atoms with van der Waals surface area (Å²) in [7, 11) is 0. The number of halogens is 4. The molecule has 0 unspecified atom stereocenters. The lowest BCUT2D eigenvalue weighted by molar-refractivity contribution is -0.141. The number of carbonyl (C=O) groups is 1. The Kier molecular flexibility index (Phi) is 7.12. The molecular weight excluding hydrogens is 479 g/mol. The summed E-state index contributed by atoms with van der Waals surface area (Å²) in [4.78, 5) is 12.1. The third-order valence-corrected chi connectivity index (χ3v) is 5.51. The van der Waals surface area contributed by atoms with Crippen molar-refractivity contribution in [3.63, 3.8) is 0 Å². The zero-order valence-corrected chi connectivity index (χ0v) is 19.4. The van der Waals surface area contributed by atoms with E-state index < -0.39 is 11.9 Å². The molecule has 1 amide bonds. The van der Waals surface area contributed by atoms with Crippen LogP contribution in [0.15, 0.2) is 78.9 Å². The molecule has 5 nitrogen and oxygen atoms in total. The number of alkyl halides is 3. The van der Waals surface area contributed by atoms with Crippen LogP contribution < -0.4 is 10.1 Å². The van der Waals surface area contributed by atoms with Crippen molar-refractivity contribution in [3.8, 4) is 22.6 Å². The Morgan fingerprint density at radius 3 is 2.43 bits per heavy atom. The van der Waals surface area contributed by atoms with E-state index in [1.807, 2.05) is 25.1 Å². The number of benzene rings is 3. The molecule has 0 aliphatic rings. The number of para-hydroxylation sites is 1. The molecule has 35 heavy (non-hydrogen) atoms. The summed E-state index contributed by atoms with van der Waals surface area (Å²) in [5.41, 5.74) is 1.77. The molecule has 0 spiro atoms. The van der Waals surface area contributed by atoms with Crippen molar-refractivity contribution in [3.05, 3.63) is 101 Å². The minimum atomic E-state index is -4.61. The van der Waals surface area contributed by atoms with E-state index in [1.165, 1.54) is 0 Å². The predicted molar refractivity (Wildman–Crippen MR) is 128 cm³/mol. The molecule has 3 aromatic carbocycles. The highest BCUT2D eigenvalue weighted by Crippen LogP contribution is 2.31. The van der Waals surface area contributed by atoms with Gasteiger partial charge in [0.2, 0.25) is 0 Å². The fourth-order valence-corrected chi connectivity index (χ4v) is 3.71. The van der Waals surface area contributed by atoms with Gasteiger partial charge in [0.1, 0.15) is 12.4 Å². The number of nitrogens with zero attached hydrogens (tertiary/aromatic N) is 2. The molecule has 1 N–H and O–H groups in total. The van der Waals surface area contributed by atoms with E-state index in [0.717, 1.165) is 21.9 Å². The first kappa shape index (κ1) is 24.3. The second kappa shape index (κ2) is 10.2. The largest absolute Gasteiger partial charge is 0.487 e. The highest BCUT2D eigenvalue weighted by molar-refractivity contribution is 6.32. The number of carbonyl (C=O) groups excluding carboxylic acids is 1. The van der Waals surface area contributed by atoms with E-state index in [-0.39, 0.29) is 23.2 Å². The van der Waals surface area contributed by atoms with Crippen LogP contribution in [0.2, 0.25) is 5.02 Å². The summed E-state index contributed by atoms with van der Waals surface area (Å²) >= 11 is 6.19. The van der Waals surface area contributed by atoms with Crippen LogP contribution in [0.4, 0.5) is 13.2 Å². The minimum Gasteiger partial charge on any atom is -0.487 e. The van der Waals surface area contributed by atoms with Gasteiger partial charge in [-0.25, -0.2) is 4.68 Å². The van der Waals surface area contributed by atoms with E-state index in [1.54, 1.807) is 54.6 Å². The van der Waals surface area contributed by atoms with Gasteiger partial charge in [-0.2, -0.15) is 18.3 Å².